The number of aryl methyl sites for hydroxylation is 1. The second-order valence-electron chi connectivity index (χ2n) is 10.5. The summed E-state index contributed by atoms with van der Waals surface area (Å²) in [5, 5.41) is 11.5. The molecule has 0 aliphatic carbocycles. The van der Waals surface area contributed by atoms with Crippen LogP contribution < -0.4 is 9.64 Å². The molecule has 0 saturated carbocycles. The lowest BCUT2D eigenvalue weighted by molar-refractivity contribution is -0.132. The molecule has 202 valence electrons. The number of hydrogen-bond acceptors (Lipinski definition) is 6. The van der Waals surface area contributed by atoms with Crippen LogP contribution in [-0.2, 0) is 19.7 Å². The monoisotopic (exact) mass is 527 g/mol. The fourth-order valence-corrected chi connectivity index (χ4v) is 4.73. The van der Waals surface area contributed by atoms with Gasteiger partial charge >= 0.3 is 5.97 Å². The maximum atomic E-state index is 13.5. The van der Waals surface area contributed by atoms with E-state index in [2.05, 4.69) is 20.8 Å². The molecule has 39 heavy (non-hydrogen) atoms. The van der Waals surface area contributed by atoms with Crippen LogP contribution in [0.3, 0.4) is 0 Å². The minimum atomic E-state index is -0.880. The van der Waals surface area contributed by atoms with Gasteiger partial charge in [0.2, 0.25) is 0 Å². The Hall–Kier alpha value is -4.39. The number of rotatable bonds is 6. The minimum Gasteiger partial charge on any atom is -0.507 e. The van der Waals surface area contributed by atoms with E-state index in [1.54, 1.807) is 30.3 Å². The average molecular weight is 528 g/mol. The molecule has 4 rings (SSSR count). The summed E-state index contributed by atoms with van der Waals surface area (Å²) in [6, 6.07) is 18.2. The molecule has 3 aromatic rings. The number of methoxy groups -OCH3 is 1. The van der Waals surface area contributed by atoms with Crippen molar-refractivity contribution < 1.29 is 29.0 Å². The van der Waals surface area contributed by atoms with E-state index in [-0.39, 0.29) is 16.7 Å². The van der Waals surface area contributed by atoms with E-state index in [0.29, 0.717) is 34.7 Å². The van der Waals surface area contributed by atoms with Crippen LogP contribution in [0.2, 0.25) is 0 Å². The highest BCUT2D eigenvalue weighted by molar-refractivity contribution is 6.51. The van der Waals surface area contributed by atoms with E-state index in [0.717, 1.165) is 11.1 Å². The molecular formula is C32H33NO6. The first-order valence-corrected chi connectivity index (χ1v) is 12.8. The molecule has 0 bridgehead atoms. The van der Waals surface area contributed by atoms with Gasteiger partial charge in [-0.15, -0.1) is 0 Å². The van der Waals surface area contributed by atoms with E-state index < -0.39 is 23.7 Å². The number of aliphatic hydroxyl groups is 1. The van der Waals surface area contributed by atoms with Crippen LogP contribution in [-0.4, -0.2) is 36.5 Å². The molecule has 1 aliphatic rings. The van der Waals surface area contributed by atoms with Crippen molar-refractivity contribution in [2.75, 3.05) is 18.6 Å². The molecule has 1 N–H and O–H groups in total. The molecule has 0 spiro atoms. The van der Waals surface area contributed by atoms with Crippen LogP contribution in [0.15, 0.2) is 72.3 Å². The zero-order chi connectivity index (χ0) is 28.5. The van der Waals surface area contributed by atoms with Gasteiger partial charge in [-0.25, -0.2) is 4.79 Å². The summed E-state index contributed by atoms with van der Waals surface area (Å²) >= 11 is 0. The summed E-state index contributed by atoms with van der Waals surface area (Å²) in [5.41, 5.74) is 3.58. The normalized spacial score (nSPS) is 16.9. The number of nitrogens with zero attached hydrogens (tertiary/aromatic N) is 1. The maximum Gasteiger partial charge on any atom is 0.337 e. The van der Waals surface area contributed by atoms with E-state index in [1.165, 1.54) is 24.1 Å². The van der Waals surface area contributed by atoms with Gasteiger partial charge in [0.05, 0.1) is 30.9 Å². The Morgan fingerprint density at radius 3 is 2.10 bits per heavy atom. The molecule has 7 heteroatoms. The summed E-state index contributed by atoms with van der Waals surface area (Å²) in [6.45, 7) is 10.5. The molecule has 1 saturated heterocycles. The number of ether oxygens (including phenoxy) is 2. The zero-order valence-corrected chi connectivity index (χ0v) is 23.1. The summed E-state index contributed by atoms with van der Waals surface area (Å²) < 4.78 is 10.4. The molecule has 0 aromatic heterocycles. The second-order valence-corrected chi connectivity index (χ2v) is 10.5. The molecule has 1 unspecified atom stereocenters. The highest BCUT2D eigenvalue weighted by atomic mass is 16.5. The van der Waals surface area contributed by atoms with Crippen molar-refractivity contribution in [3.05, 3.63) is 100 Å². The van der Waals surface area contributed by atoms with Crippen LogP contribution in [0.5, 0.6) is 5.75 Å². The Balaban J connectivity index is 1.89. The molecule has 1 amide bonds. The topological polar surface area (TPSA) is 93.1 Å². The fourth-order valence-electron chi connectivity index (χ4n) is 4.73. The third-order valence-corrected chi connectivity index (χ3v) is 6.85. The van der Waals surface area contributed by atoms with Crippen molar-refractivity contribution in [2.45, 2.75) is 46.1 Å². The molecule has 3 aromatic carbocycles. The number of carbonyl (C=O) groups excluding carboxylic acids is 3. The lowest BCUT2D eigenvalue weighted by Crippen LogP contribution is -2.29. The van der Waals surface area contributed by atoms with Crippen molar-refractivity contribution in [3.63, 3.8) is 0 Å². The van der Waals surface area contributed by atoms with Crippen molar-refractivity contribution in [1.29, 1.82) is 0 Å². The van der Waals surface area contributed by atoms with Crippen LogP contribution in [0, 0.1) is 6.92 Å². The number of amides is 1. The van der Waals surface area contributed by atoms with Gasteiger partial charge in [0.1, 0.15) is 11.5 Å². The first-order valence-electron chi connectivity index (χ1n) is 12.8. The Morgan fingerprint density at radius 2 is 1.56 bits per heavy atom. The van der Waals surface area contributed by atoms with E-state index >= 15 is 0 Å². The molecule has 1 atom stereocenters. The Bertz CT molecular complexity index is 1450. The second kappa shape index (κ2) is 10.8. The van der Waals surface area contributed by atoms with Gasteiger partial charge in [-0.05, 0) is 78.4 Å². The Kier molecular flexibility index (Phi) is 7.63. The lowest BCUT2D eigenvalue weighted by Gasteiger charge is -2.26. The predicted molar refractivity (Wildman–Crippen MR) is 150 cm³/mol. The number of benzene rings is 3. The summed E-state index contributed by atoms with van der Waals surface area (Å²) in [6.07, 6.45) is 0. The van der Waals surface area contributed by atoms with Crippen LogP contribution >= 0.6 is 0 Å². The summed E-state index contributed by atoms with van der Waals surface area (Å²) in [7, 11) is 1.29. The number of hydrogen-bond donors (Lipinski definition) is 1. The lowest BCUT2D eigenvalue weighted by atomic mass is 9.85. The van der Waals surface area contributed by atoms with Crippen LogP contribution in [0.25, 0.3) is 5.76 Å². The molecule has 1 heterocycles. The highest BCUT2D eigenvalue weighted by Gasteiger charge is 2.47. The highest BCUT2D eigenvalue weighted by Crippen LogP contribution is 2.43. The summed E-state index contributed by atoms with van der Waals surface area (Å²) in [4.78, 5) is 40.3. The van der Waals surface area contributed by atoms with E-state index in [4.69, 9.17) is 9.47 Å². The average Bonchev–Trinajstić information content (AvgIpc) is 3.18. The van der Waals surface area contributed by atoms with Crippen molar-refractivity contribution in [1.82, 2.24) is 0 Å². The van der Waals surface area contributed by atoms with Gasteiger partial charge < -0.3 is 14.6 Å². The van der Waals surface area contributed by atoms with Gasteiger partial charge in [0.15, 0.2) is 0 Å². The Labute approximate surface area is 228 Å². The van der Waals surface area contributed by atoms with Crippen molar-refractivity contribution >= 4 is 29.1 Å². The third-order valence-electron chi connectivity index (χ3n) is 6.85. The smallest absolute Gasteiger partial charge is 0.337 e. The summed E-state index contributed by atoms with van der Waals surface area (Å²) in [5.74, 6) is -1.66. The first-order chi connectivity index (χ1) is 18.5. The third kappa shape index (κ3) is 5.30. The SMILES string of the molecule is CCOc1ccc(/C(O)=C2/C(=O)C(=O)N(c3ccc(C(=O)OC)cc3)C2c2ccc(C(C)(C)C)cc2)cc1C. The number of carbonyl (C=O) groups is 3. The standard InChI is InChI=1S/C32H33NO6/c1-7-39-25-17-12-22(18-19(25)2)28(34)26-27(20-8-13-23(14-9-20)32(3,4)5)33(30(36)29(26)35)24-15-10-21(11-16-24)31(37)38-6/h8-18,27,34H,7H2,1-6H3/b28-26-. The number of esters is 1. The zero-order valence-electron chi connectivity index (χ0n) is 23.1. The first kappa shape index (κ1) is 27.6. The fraction of sp³-hybridized carbons (Fsp3) is 0.281. The maximum absolute atomic E-state index is 13.5. The van der Waals surface area contributed by atoms with Crippen LogP contribution in [0.1, 0.15) is 66.3 Å². The van der Waals surface area contributed by atoms with Gasteiger partial charge in [-0.3, -0.25) is 14.5 Å². The van der Waals surface area contributed by atoms with Gasteiger partial charge in [0.25, 0.3) is 11.7 Å². The number of aliphatic hydroxyl groups excluding tert-OH is 1. The van der Waals surface area contributed by atoms with Crippen molar-refractivity contribution in [2.24, 2.45) is 0 Å². The largest absolute Gasteiger partial charge is 0.507 e. The van der Waals surface area contributed by atoms with Gasteiger partial charge in [-0.2, -0.15) is 0 Å². The quantitative estimate of drug-likeness (QED) is 0.180. The molecule has 1 aliphatic heterocycles. The molecular weight excluding hydrogens is 494 g/mol. The number of ketones is 1. The van der Waals surface area contributed by atoms with E-state index in [9.17, 15) is 19.5 Å². The molecule has 7 nitrogen and oxygen atoms in total. The van der Waals surface area contributed by atoms with E-state index in [1.807, 2.05) is 38.1 Å². The van der Waals surface area contributed by atoms with Crippen LogP contribution in [0.4, 0.5) is 5.69 Å². The number of anilines is 1. The Morgan fingerprint density at radius 1 is 0.949 bits per heavy atom. The van der Waals surface area contributed by atoms with Gasteiger partial charge in [0, 0.05) is 11.3 Å². The minimum absolute atomic E-state index is 0.0101. The predicted octanol–water partition coefficient (Wildman–Crippen LogP) is 6.10. The van der Waals surface area contributed by atoms with Gasteiger partial charge in [-0.1, -0.05) is 45.0 Å². The number of Topliss-reactive ketones (excluding diaryl/α,β-unsaturated/α-hetero) is 1. The molecule has 0 radical (unpaired) electrons. The molecule has 1 fully saturated rings. The van der Waals surface area contributed by atoms with Crippen molar-refractivity contribution in [3.8, 4) is 5.75 Å².